The molecule has 1 aliphatic heterocycles. The van der Waals surface area contributed by atoms with Crippen LogP contribution in [0.3, 0.4) is 0 Å². The fourth-order valence-corrected chi connectivity index (χ4v) is 2.27. The van der Waals surface area contributed by atoms with Gasteiger partial charge in [-0.2, -0.15) is 0 Å². The highest BCUT2D eigenvalue weighted by Crippen LogP contribution is 2.13. The average Bonchev–Trinajstić information content (AvgIpc) is 2.64. The van der Waals surface area contributed by atoms with E-state index in [1.54, 1.807) is 16.7 Å². The lowest BCUT2D eigenvalue weighted by molar-refractivity contribution is -0.132. The number of halogens is 1. The molecule has 100 valence electrons. The standard InChI is InChI=1S/C10H19N3O2S.ClH/c1-2-3-11-4-5-12-9(14)6-13-8-16-7-10(13)15;/h11H,2-8H2,1H3,(H,12,14);1H. The Labute approximate surface area is 112 Å². The molecule has 7 heteroatoms. The molecule has 0 spiro atoms. The third-order valence-electron chi connectivity index (χ3n) is 2.21. The van der Waals surface area contributed by atoms with Crippen molar-refractivity contribution < 1.29 is 9.59 Å². The number of hydrogen-bond donors (Lipinski definition) is 2. The summed E-state index contributed by atoms with van der Waals surface area (Å²) in [5.41, 5.74) is 0. The molecule has 1 fully saturated rings. The second-order valence-electron chi connectivity index (χ2n) is 3.67. The minimum absolute atomic E-state index is 0. The summed E-state index contributed by atoms with van der Waals surface area (Å²) in [7, 11) is 0. The van der Waals surface area contributed by atoms with Crippen LogP contribution < -0.4 is 10.6 Å². The molecule has 0 unspecified atom stereocenters. The van der Waals surface area contributed by atoms with E-state index in [9.17, 15) is 9.59 Å². The summed E-state index contributed by atoms with van der Waals surface area (Å²) in [5, 5.41) is 5.98. The first-order valence-electron chi connectivity index (χ1n) is 5.57. The topological polar surface area (TPSA) is 61.4 Å². The molecule has 1 rings (SSSR count). The van der Waals surface area contributed by atoms with Crippen LogP contribution >= 0.6 is 24.2 Å². The molecule has 2 amide bonds. The van der Waals surface area contributed by atoms with E-state index in [2.05, 4.69) is 17.6 Å². The van der Waals surface area contributed by atoms with Crippen LogP contribution in [0.5, 0.6) is 0 Å². The van der Waals surface area contributed by atoms with Gasteiger partial charge in [0.05, 0.1) is 11.6 Å². The highest BCUT2D eigenvalue weighted by molar-refractivity contribution is 8.00. The van der Waals surface area contributed by atoms with Gasteiger partial charge in [-0.3, -0.25) is 9.59 Å². The van der Waals surface area contributed by atoms with Crippen molar-refractivity contribution in [3.63, 3.8) is 0 Å². The molecule has 0 atom stereocenters. The van der Waals surface area contributed by atoms with Gasteiger partial charge < -0.3 is 15.5 Å². The normalized spacial score (nSPS) is 14.6. The maximum absolute atomic E-state index is 11.4. The molecule has 0 aromatic rings. The predicted octanol–water partition coefficient (Wildman–Crippen LogP) is 0.0569. The van der Waals surface area contributed by atoms with E-state index in [1.165, 1.54) is 0 Å². The highest BCUT2D eigenvalue weighted by Gasteiger charge is 2.22. The van der Waals surface area contributed by atoms with Crippen molar-refractivity contribution in [2.45, 2.75) is 13.3 Å². The molecule has 2 N–H and O–H groups in total. The first-order chi connectivity index (χ1) is 7.74. The van der Waals surface area contributed by atoms with E-state index in [0.717, 1.165) is 19.5 Å². The summed E-state index contributed by atoms with van der Waals surface area (Å²) >= 11 is 1.55. The lowest BCUT2D eigenvalue weighted by Crippen LogP contribution is -2.40. The molecule has 1 saturated heterocycles. The van der Waals surface area contributed by atoms with Gasteiger partial charge in [0.1, 0.15) is 6.54 Å². The van der Waals surface area contributed by atoms with Crippen LogP contribution in [0.25, 0.3) is 0 Å². The SMILES string of the molecule is CCCNCCNC(=O)CN1CSCC1=O.Cl. The van der Waals surface area contributed by atoms with E-state index in [0.29, 0.717) is 18.2 Å². The number of carbonyl (C=O) groups is 2. The summed E-state index contributed by atoms with van der Waals surface area (Å²) in [6.45, 7) is 4.66. The Kier molecular flexibility index (Phi) is 9.30. The maximum Gasteiger partial charge on any atom is 0.239 e. The number of rotatable bonds is 7. The van der Waals surface area contributed by atoms with Gasteiger partial charge in [-0.05, 0) is 13.0 Å². The van der Waals surface area contributed by atoms with E-state index >= 15 is 0 Å². The average molecular weight is 282 g/mol. The lowest BCUT2D eigenvalue weighted by Gasteiger charge is -2.14. The molecule has 0 bridgehead atoms. The minimum atomic E-state index is -0.0749. The van der Waals surface area contributed by atoms with Gasteiger partial charge in [0.2, 0.25) is 11.8 Å². The van der Waals surface area contributed by atoms with Gasteiger partial charge in [-0.1, -0.05) is 6.92 Å². The Bertz CT molecular complexity index is 254. The second kappa shape index (κ2) is 9.56. The molecular weight excluding hydrogens is 262 g/mol. The molecular formula is C10H20ClN3O2S. The van der Waals surface area contributed by atoms with Crippen LogP contribution in [-0.4, -0.2) is 54.5 Å². The number of thioether (sulfide) groups is 1. The molecule has 1 aliphatic rings. The Hall–Kier alpha value is -0.460. The molecule has 17 heavy (non-hydrogen) atoms. The Balaban J connectivity index is 0.00000256. The van der Waals surface area contributed by atoms with Crippen molar-refractivity contribution in [2.75, 3.05) is 37.8 Å². The molecule has 0 saturated carbocycles. The Morgan fingerprint density at radius 1 is 1.41 bits per heavy atom. The zero-order valence-corrected chi connectivity index (χ0v) is 11.7. The van der Waals surface area contributed by atoms with Crippen LogP contribution in [0, 0.1) is 0 Å². The third kappa shape index (κ3) is 6.75. The summed E-state index contributed by atoms with van der Waals surface area (Å²) in [5.74, 6) is 1.13. The van der Waals surface area contributed by atoms with E-state index in [4.69, 9.17) is 0 Å². The molecule has 5 nitrogen and oxygen atoms in total. The Morgan fingerprint density at radius 2 is 2.18 bits per heavy atom. The van der Waals surface area contributed by atoms with E-state index < -0.39 is 0 Å². The number of nitrogens with one attached hydrogen (secondary N) is 2. The molecule has 0 radical (unpaired) electrons. The van der Waals surface area contributed by atoms with Crippen molar-refractivity contribution in [3.8, 4) is 0 Å². The first-order valence-corrected chi connectivity index (χ1v) is 6.72. The molecule has 1 heterocycles. The van der Waals surface area contributed by atoms with Gasteiger partial charge in [-0.25, -0.2) is 0 Å². The molecule has 0 aromatic heterocycles. The van der Waals surface area contributed by atoms with Crippen molar-refractivity contribution in [3.05, 3.63) is 0 Å². The van der Waals surface area contributed by atoms with Crippen LogP contribution in [-0.2, 0) is 9.59 Å². The number of carbonyl (C=O) groups excluding carboxylic acids is 2. The van der Waals surface area contributed by atoms with Gasteiger partial charge in [0.15, 0.2) is 0 Å². The Morgan fingerprint density at radius 3 is 2.76 bits per heavy atom. The largest absolute Gasteiger partial charge is 0.353 e. The monoisotopic (exact) mass is 281 g/mol. The summed E-state index contributed by atoms with van der Waals surface area (Å²) in [4.78, 5) is 24.3. The van der Waals surface area contributed by atoms with Crippen LogP contribution in [0.2, 0.25) is 0 Å². The highest BCUT2D eigenvalue weighted by atomic mass is 35.5. The predicted molar refractivity (Wildman–Crippen MR) is 72.5 cm³/mol. The van der Waals surface area contributed by atoms with Crippen LogP contribution in [0.1, 0.15) is 13.3 Å². The quantitative estimate of drug-likeness (QED) is 0.648. The van der Waals surface area contributed by atoms with E-state index in [1.807, 2.05) is 0 Å². The molecule has 0 aliphatic carbocycles. The van der Waals surface area contributed by atoms with Gasteiger partial charge >= 0.3 is 0 Å². The van der Waals surface area contributed by atoms with Crippen molar-refractivity contribution >= 4 is 36.0 Å². The maximum atomic E-state index is 11.4. The third-order valence-corrected chi connectivity index (χ3v) is 3.16. The number of nitrogens with zero attached hydrogens (tertiary/aromatic N) is 1. The summed E-state index contributed by atoms with van der Waals surface area (Å²) < 4.78 is 0. The number of amides is 2. The summed E-state index contributed by atoms with van der Waals surface area (Å²) in [6.07, 6.45) is 1.09. The van der Waals surface area contributed by atoms with Crippen molar-refractivity contribution in [2.24, 2.45) is 0 Å². The van der Waals surface area contributed by atoms with Gasteiger partial charge in [0.25, 0.3) is 0 Å². The van der Waals surface area contributed by atoms with Gasteiger partial charge in [0, 0.05) is 13.1 Å². The fraction of sp³-hybridized carbons (Fsp3) is 0.800. The minimum Gasteiger partial charge on any atom is -0.353 e. The van der Waals surface area contributed by atoms with Crippen molar-refractivity contribution in [1.82, 2.24) is 15.5 Å². The lowest BCUT2D eigenvalue weighted by atomic mass is 10.4. The second-order valence-corrected chi connectivity index (χ2v) is 4.62. The van der Waals surface area contributed by atoms with Crippen LogP contribution in [0.15, 0.2) is 0 Å². The zero-order chi connectivity index (χ0) is 11.8. The fourth-order valence-electron chi connectivity index (χ4n) is 1.36. The smallest absolute Gasteiger partial charge is 0.239 e. The first kappa shape index (κ1) is 16.5. The zero-order valence-electron chi connectivity index (χ0n) is 10.0. The van der Waals surface area contributed by atoms with Gasteiger partial charge in [-0.15, -0.1) is 24.2 Å². The van der Waals surface area contributed by atoms with E-state index in [-0.39, 0.29) is 30.8 Å². The number of hydrogen-bond acceptors (Lipinski definition) is 4. The summed E-state index contributed by atoms with van der Waals surface area (Å²) in [6, 6.07) is 0. The molecule has 0 aromatic carbocycles. The van der Waals surface area contributed by atoms with Crippen molar-refractivity contribution in [1.29, 1.82) is 0 Å². The van der Waals surface area contributed by atoms with Crippen LogP contribution in [0.4, 0.5) is 0 Å².